The standard InChI is InChI=1S/C11H17N3O4S/c1-2-18-11(15)14-19(16,17)13-8-10(12)9-6-4-3-5-7-9/h3-7,10,13H,2,8,12H2,1H3,(H,14,15). The van der Waals surface area contributed by atoms with Gasteiger partial charge in [-0.2, -0.15) is 13.1 Å². The Kier molecular flexibility index (Phi) is 5.74. The Morgan fingerprint density at radius 2 is 2.00 bits per heavy atom. The summed E-state index contributed by atoms with van der Waals surface area (Å²) in [5, 5.41) is 0. The molecule has 1 aromatic carbocycles. The summed E-state index contributed by atoms with van der Waals surface area (Å²) in [6, 6.07) is 8.53. The number of benzene rings is 1. The van der Waals surface area contributed by atoms with Crippen LogP contribution in [0.15, 0.2) is 30.3 Å². The van der Waals surface area contributed by atoms with E-state index in [0.29, 0.717) is 0 Å². The summed E-state index contributed by atoms with van der Waals surface area (Å²) in [4.78, 5) is 11.0. The topological polar surface area (TPSA) is 111 Å². The second-order valence-corrected chi connectivity index (χ2v) is 5.19. The first kappa shape index (κ1) is 15.4. The molecule has 1 atom stereocenters. The lowest BCUT2D eigenvalue weighted by Crippen LogP contribution is -2.43. The molecule has 0 saturated carbocycles. The van der Waals surface area contributed by atoms with Gasteiger partial charge < -0.3 is 10.5 Å². The second-order valence-electron chi connectivity index (χ2n) is 3.69. The Labute approximate surface area is 112 Å². The number of amides is 1. The van der Waals surface area contributed by atoms with Gasteiger partial charge in [0.1, 0.15) is 0 Å². The van der Waals surface area contributed by atoms with Crippen molar-refractivity contribution in [3.05, 3.63) is 35.9 Å². The Bertz CT molecular complexity index is 504. The molecule has 19 heavy (non-hydrogen) atoms. The van der Waals surface area contributed by atoms with Gasteiger partial charge in [0.05, 0.1) is 6.61 Å². The van der Waals surface area contributed by atoms with Crippen LogP contribution in [0.4, 0.5) is 4.79 Å². The molecule has 0 aliphatic carbocycles. The summed E-state index contributed by atoms with van der Waals surface area (Å²) in [5.41, 5.74) is 6.61. The van der Waals surface area contributed by atoms with Gasteiger partial charge in [0.2, 0.25) is 0 Å². The normalized spacial score (nSPS) is 12.7. The molecule has 0 spiro atoms. The first-order chi connectivity index (χ1) is 8.94. The van der Waals surface area contributed by atoms with Crippen molar-refractivity contribution in [2.24, 2.45) is 5.73 Å². The molecule has 0 aliphatic heterocycles. The monoisotopic (exact) mass is 287 g/mol. The molecule has 0 radical (unpaired) electrons. The number of rotatable bonds is 6. The predicted octanol–water partition coefficient (Wildman–Crippen LogP) is 0.267. The minimum Gasteiger partial charge on any atom is -0.449 e. The van der Waals surface area contributed by atoms with Crippen LogP contribution >= 0.6 is 0 Å². The fourth-order valence-electron chi connectivity index (χ4n) is 1.32. The van der Waals surface area contributed by atoms with E-state index < -0.39 is 22.3 Å². The fraction of sp³-hybridized carbons (Fsp3) is 0.364. The third-order valence-corrected chi connectivity index (χ3v) is 3.20. The number of nitrogens with one attached hydrogen (secondary N) is 2. The zero-order valence-corrected chi connectivity index (χ0v) is 11.3. The molecule has 0 saturated heterocycles. The van der Waals surface area contributed by atoms with Crippen LogP contribution in [-0.4, -0.2) is 27.7 Å². The zero-order valence-electron chi connectivity index (χ0n) is 10.5. The Balaban J connectivity index is 2.49. The van der Waals surface area contributed by atoms with Crippen LogP contribution in [0.25, 0.3) is 0 Å². The van der Waals surface area contributed by atoms with Crippen LogP contribution in [0.3, 0.4) is 0 Å². The average molecular weight is 287 g/mol. The lowest BCUT2D eigenvalue weighted by molar-refractivity contribution is 0.158. The molecule has 0 aliphatic rings. The van der Waals surface area contributed by atoms with Crippen molar-refractivity contribution in [3.8, 4) is 0 Å². The molecule has 1 rings (SSSR count). The van der Waals surface area contributed by atoms with Crippen molar-refractivity contribution >= 4 is 16.3 Å². The molecule has 1 unspecified atom stereocenters. The Hall–Kier alpha value is -1.64. The lowest BCUT2D eigenvalue weighted by atomic mass is 10.1. The zero-order chi connectivity index (χ0) is 14.3. The van der Waals surface area contributed by atoms with E-state index in [0.717, 1.165) is 5.56 Å². The van der Waals surface area contributed by atoms with Crippen molar-refractivity contribution in [3.63, 3.8) is 0 Å². The van der Waals surface area contributed by atoms with Gasteiger partial charge in [0.15, 0.2) is 0 Å². The number of nitrogens with two attached hydrogens (primary N) is 1. The molecule has 1 amide bonds. The van der Waals surface area contributed by atoms with Gasteiger partial charge in [-0.15, -0.1) is 0 Å². The van der Waals surface area contributed by atoms with Crippen LogP contribution in [-0.2, 0) is 14.9 Å². The lowest BCUT2D eigenvalue weighted by Gasteiger charge is -2.13. The number of carbonyl (C=O) groups is 1. The maximum Gasteiger partial charge on any atom is 0.421 e. The molecular formula is C11H17N3O4S. The Morgan fingerprint density at radius 1 is 1.37 bits per heavy atom. The maximum absolute atomic E-state index is 11.5. The summed E-state index contributed by atoms with van der Waals surface area (Å²) >= 11 is 0. The largest absolute Gasteiger partial charge is 0.449 e. The summed E-state index contributed by atoms with van der Waals surface area (Å²) in [6.07, 6.45) is -1.02. The van der Waals surface area contributed by atoms with E-state index in [-0.39, 0.29) is 13.2 Å². The summed E-state index contributed by atoms with van der Waals surface area (Å²) in [7, 11) is -3.96. The van der Waals surface area contributed by atoms with Crippen molar-refractivity contribution in [2.75, 3.05) is 13.2 Å². The first-order valence-electron chi connectivity index (χ1n) is 5.69. The van der Waals surface area contributed by atoms with Crippen molar-refractivity contribution in [1.29, 1.82) is 0 Å². The number of hydrogen-bond acceptors (Lipinski definition) is 5. The van der Waals surface area contributed by atoms with Crippen molar-refractivity contribution < 1.29 is 17.9 Å². The highest BCUT2D eigenvalue weighted by molar-refractivity contribution is 7.88. The molecule has 0 bridgehead atoms. The fourth-order valence-corrected chi connectivity index (χ4v) is 2.07. The highest BCUT2D eigenvalue weighted by atomic mass is 32.2. The molecule has 0 fully saturated rings. The van der Waals surface area contributed by atoms with E-state index in [2.05, 4.69) is 9.46 Å². The van der Waals surface area contributed by atoms with Crippen LogP contribution in [0.5, 0.6) is 0 Å². The second kappa shape index (κ2) is 7.07. The molecule has 106 valence electrons. The molecular weight excluding hydrogens is 270 g/mol. The quantitative estimate of drug-likeness (QED) is 0.695. The molecule has 0 aromatic heterocycles. The number of carbonyl (C=O) groups excluding carboxylic acids is 1. The van der Waals surface area contributed by atoms with E-state index in [4.69, 9.17) is 5.73 Å². The van der Waals surface area contributed by atoms with Gasteiger partial charge >= 0.3 is 16.3 Å². The van der Waals surface area contributed by atoms with Gasteiger partial charge in [-0.05, 0) is 12.5 Å². The number of ether oxygens (including phenoxy) is 1. The molecule has 1 aromatic rings. The maximum atomic E-state index is 11.5. The Morgan fingerprint density at radius 3 is 2.58 bits per heavy atom. The van der Waals surface area contributed by atoms with Crippen molar-refractivity contribution in [1.82, 2.24) is 9.44 Å². The van der Waals surface area contributed by atoms with E-state index in [9.17, 15) is 13.2 Å². The first-order valence-corrected chi connectivity index (χ1v) is 7.17. The SMILES string of the molecule is CCOC(=O)NS(=O)(=O)NCC(N)c1ccccc1. The molecule has 4 N–H and O–H groups in total. The summed E-state index contributed by atoms with van der Waals surface area (Å²) in [6.45, 7) is 1.63. The van der Waals surface area contributed by atoms with Crippen LogP contribution in [0.2, 0.25) is 0 Å². The van der Waals surface area contributed by atoms with Crippen LogP contribution in [0, 0.1) is 0 Å². The van der Waals surface area contributed by atoms with Gasteiger partial charge in [-0.3, -0.25) is 0 Å². The average Bonchev–Trinajstić information content (AvgIpc) is 2.37. The third kappa shape index (κ3) is 5.69. The van der Waals surface area contributed by atoms with E-state index >= 15 is 0 Å². The third-order valence-electron chi connectivity index (χ3n) is 2.21. The van der Waals surface area contributed by atoms with Crippen molar-refractivity contribution in [2.45, 2.75) is 13.0 Å². The number of hydrogen-bond donors (Lipinski definition) is 3. The van der Waals surface area contributed by atoms with Crippen LogP contribution < -0.4 is 15.2 Å². The minimum absolute atomic E-state index is 0.0290. The minimum atomic E-state index is -3.96. The summed E-state index contributed by atoms with van der Waals surface area (Å²) in [5.74, 6) is 0. The molecule has 7 nitrogen and oxygen atoms in total. The van der Waals surface area contributed by atoms with Gasteiger partial charge in [0.25, 0.3) is 0 Å². The summed E-state index contributed by atoms with van der Waals surface area (Å²) < 4.78 is 31.3. The highest BCUT2D eigenvalue weighted by Gasteiger charge is 2.16. The van der Waals surface area contributed by atoms with Crippen LogP contribution in [0.1, 0.15) is 18.5 Å². The molecule has 8 heteroatoms. The van der Waals surface area contributed by atoms with E-state index in [1.165, 1.54) is 0 Å². The van der Waals surface area contributed by atoms with E-state index in [1.807, 2.05) is 6.07 Å². The van der Waals surface area contributed by atoms with E-state index in [1.54, 1.807) is 35.9 Å². The van der Waals surface area contributed by atoms with Gasteiger partial charge in [0, 0.05) is 12.6 Å². The smallest absolute Gasteiger partial charge is 0.421 e. The van der Waals surface area contributed by atoms with Gasteiger partial charge in [-0.25, -0.2) is 9.52 Å². The molecule has 0 heterocycles. The highest BCUT2D eigenvalue weighted by Crippen LogP contribution is 2.07. The van der Waals surface area contributed by atoms with Gasteiger partial charge in [-0.1, -0.05) is 30.3 Å². The predicted molar refractivity (Wildman–Crippen MR) is 70.5 cm³/mol.